The van der Waals surface area contributed by atoms with Gasteiger partial charge in [0.15, 0.2) is 0 Å². The van der Waals surface area contributed by atoms with E-state index in [2.05, 4.69) is 31.9 Å². The third-order valence-corrected chi connectivity index (χ3v) is 4.94. The van der Waals surface area contributed by atoms with E-state index in [-0.39, 0.29) is 0 Å². The molecule has 0 atom stereocenters. The Hall–Kier alpha value is -2.44. The summed E-state index contributed by atoms with van der Waals surface area (Å²) in [5.41, 5.74) is 4.89. The maximum Gasteiger partial charge on any atom is 0.0990 e. The number of nitrogens with zero attached hydrogens (tertiary/aromatic N) is 4. The van der Waals surface area contributed by atoms with Crippen molar-refractivity contribution in [1.29, 1.82) is 0 Å². The van der Waals surface area contributed by atoms with E-state index < -0.39 is 5.60 Å². The molecule has 5 nitrogen and oxygen atoms in total. The third-order valence-electron chi connectivity index (χ3n) is 4.15. The van der Waals surface area contributed by atoms with Crippen LogP contribution < -0.4 is 9.80 Å². The SMILES string of the molecule is CC(C)(O)c1ccncc1N1C=CN(c2ccc3ncsc3c2)C1. The summed E-state index contributed by atoms with van der Waals surface area (Å²) in [5, 5.41) is 10.4. The molecule has 6 heteroatoms. The second kappa shape index (κ2) is 5.58. The number of anilines is 2. The highest BCUT2D eigenvalue weighted by molar-refractivity contribution is 7.16. The molecule has 24 heavy (non-hydrogen) atoms. The number of aliphatic hydroxyl groups is 1. The summed E-state index contributed by atoms with van der Waals surface area (Å²) in [6, 6.07) is 8.15. The second-order valence-electron chi connectivity index (χ2n) is 6.34. The Labute approximate surface area is 144 Å². The fraction of sp³-hybridized carbons (Fsp3) is 0.222. The predicted molar refractivity (Wildman–Crippen MR) is 98.1 cm³/mol. The number of rotatable bonds is 3. The number of fused-ring (bicyclic) bond motifs is 1. The lowest BCUT2D eigenvalue weighted by Gasteiger charge is -2.27. The average molecular weight is 338 g/mol. The van der Waals surface area contributed by atoms with Gasteiger partial charge in [-0.3, -0.25) is 4.98 Å². The molecular weight excluding hydrogens is 320 g/mol. The van der Waals surface area contributed by atoms with Gasteiger partial charge in [-0.25, -0.2) is 4.98 Å². The van der Waals surface area contributed by atoms with Gasteiger partial charge < -0.3 is 14.9 Å². The standard InChI is InChI=1S/C18H18N4OS/c1-18(2,23)14-5-6-19-10-16(14)22-8-7-21(12-22)13-3-4-15-17(9-13)24-11-20-15/h3-11,23H,12H2,1-2H3. The van der Waals surface area contributed by atoms with Crippen LogP contribution in [0.5, 0.6) is 0 Å². The van der Waals surface area contributed by atoms with Crippen molar-refractivity contribution in [3.05, 3.63) is 60.1 Å². The van der Waals surface area contributed by atoms with Crippen molar-refractivity contribution in [2.45, 2.75) is 19.4 Å². The van der Waals surface area contributed by atoms with Crippen molar-refractivity contribution < 1.29 is 5.11 Å². The lowest BCUT2D eigenvalue weighted by molar-refractivity contribution is 0.0790. The molecule has 3 heterocycles. The van der Waals surface area contributed by atoms with Crippen LogP contribution in [0.2, 0.25) is 0 Å². The number of benzene rings is 1. The molecule has 1 aliphatic rings. The summed E-state index contributed by atoms with van der Waals surface area (Å²) in [6.07, 6.45) is 7.58. The van der Waals surface area contributed by atoms with Gasteiger partial charge in [0.2, 0.25) is 0 Å². The summed E-state index contributed by atoms with van der Waals surface area (Å²) in [6.45, 7) is 4.27. The van der Waals surface area contributed by atoms with E-state index in [4.69, 9.17) is 0 Å². The number of hydrogen-bond donors (Lipinski definition) is 1. The van der Waals surface area contributed by atoms with Crippen LogP contribution in [0.15, 0.2) is 54.6 Å². The molecule has 0 unspecified atom stereocenters. The molecule has 3 aromatic rings. The fourth-order valence-corrected chi connectivity index (χ4v) is 3.61. The molecule has 0 bridgehead atoms. The number of thiazole rings is 1. The normalized spacial score (nSPS) is 14.8. The van der Waals surface area contributed by atoms with Crippen molar-refractivity contribution in [2.24, 2.45) is 0 Å². The first-order chi connectivity index (χ1) is 11.5. The Balaban J connectivity index is 1.62. The van der Waals surface area contributed by atoms with Gasteiger partial charge in [-0.05, 0) is 38.1 Å². The minimum absolute atomic E-state index is 0.680. The van der Waals surface area contributed by atoms with Crippen molar-refractivity contribution in [3.8, 4) is 0 Å². The van der Waals surface area contributed by atoms with Gasteiger partial charge in [-0.2, -0.15) is 0 Å². The quantitative estimate of drug-likeness (QED) is 0.789. The van der Waals surface area contributed by atoms with E-state index >= 15 is 0 Å². The van der Waals surface area contributed by atoms with Gasteiger partial charge >= 0.3 is 0 Å². The number of hydrogen-bond acceptors (Lipinski definition) is 6. The monoisotopic (exact) mass is 338 g/mol. The largest absolute Gasteiger partial charge is 0.386 e. The van der Waals surface area contributed by atoms with E-state index in [1.165, 1.54) is 4.70 Å². The van der Waals surface area contributed by atoms with Crippen molar-refractivity contribution in [1.82, 2.24) is 9.97 Å². The first kappa shape index (κ1) is 15.1. The van der Waals surface area contributed by atoms with E-state index in [9.17, 15) is 5.11 Å². The predicted octanol–water partition coefficient (Wildman–Crippen LogP) is 3.67. The molecule has 1 aliphatic heterocycles. The molecule has 4 rings (SSSR count). The van der Waals surface area contributed by atoms with Crippen LogP contribution in [0.3, 0.4) is 0 Å². The van der Waals surface area contributed by atoms with Gasteiger partial charge in [0.1, 0.15) is 0 Å². The van der Waals surface area contributed by atoms with Gasteiger partial charge in [0.05, 0.1) is 39.9 Å². The highest BCUT2D eigenvalue weighted by Gasteiger charge is 2.25. The molecule has 0 aliphatic carbocycles. The molecule has 0 amide bonds. The first-order valence-electron chi connectivity index (χ1n) is 7.74. The molecule has 1 N–H and O–H groups in total. The van der Waals surface area contributed by atoms with E-state index in [0.717, 1.165) is 22.5 Å². The lowest BCUT2D eigenvalue weighted by Crippen LogP contribution is -2.28. The van der Waals surface area contributed by atoms with Crippen LogP contribution in [0.25, 0.3) is 10.2 Å². The van der Waals surface area contributed by atoms with Gasteiger partial charge in [-0.1, -0.05) is 0 Å². The molecule has 1 aromatic carbocycles. The molecule has 0 saturated carbocycles. The Morgan fingerprint density at radius 3 is 2.83 bits per heavy atom. The topological polar surface area (TPSA) is 52.5 Å². The Morgan fingerprint density at radius 2 is 2.00 bits per heavy atom. The van der Waals surface area contributed by atoms with Crippen molar-refractivity contribution in [3.63, 3.8) is 0 Å². The summed E-state index contributed by atoms with van der Waals surface area (Å²) >= 11 is 1.64. The minimum atomic E-state index is -0.916. The smallest absolute Gasteiger partial charge is 0.0990 e. The maximum atomic E-state index is 10.4. The minimum Gasteiger partial charge on any atom is -0.386 e. The Bertz CT molecular complexity index is 913. The molecule has 0 radical (unpaired) electrons. The lowest BCUT2D eigenvalue weighted by atomic mass is 9.97. The average Bonchev–Trinajstić information content (AvgIpc) is 3.22. The van der Waals surface area contributed by atoms with Crippen LogP contribution in [0.1, 0.15) is 19.4 Å². The Morgan fingerprint density at radius 1 is 1.17 bits per heavy atom. The van der Waals surface area contributed by atoms with Gasteiger partial charge in [0.25, 0.3) is 0 Å². The van der Waals surface area contributed by atoms with Crippen LogP contribution in [-0.2, 0) is 5.60 Å². The van der Waals surface area contributed by atoms with E-state index in [1.807, 2.05) is 30.0 Å². The molecule has 122 valence electrons. The highest BCUT2D eigenvalue weighted by Crippen LogP contribution is 2.33. The summed E-state index contributed by atoms with van der Waals surface area (Å²) < 4.78 is 1.18. The van der Waals surface area contributed by atoms with Crippen LogP contribution in [-0.4, -0.2) is 21.7 Å². The summed E-state index contributed by atoms with van der Waals surface area (Å²) in [4.78, 5) is 12.8. The fourth-order valence-electron chi connectivity index (χ4n) is 2.90. The molecular formula is C18H18N4OS. The first-order valence-corrected chi connectivity index (χ1v) is 8.62. The summed E-state index contributed by atoms with van der Waals surface area (Å²) in [7, 11) is 0. The van der Waals surface area contributed by atoms with Gasteiger partial charge in [0, 0.05) is 29.8 Å². The van der Waals surface area contributed by atoms with Crippen LogP contribution in [0.4, 0.5) is 11.4 Å². The van der Waals surface area contributed by atoms with Crippen molar-refractivity contribution in [2.75, 3.05) is 16.5 Å². The zero-order valence-electron chi connectivity index (χ0n) is 13.5. The van der Waals surface area contributed by atoms with Gasteiger partial charge in [-0.15, -0.1) is 11.3 Å². The second-order valence-corrected chi connectivity index (χ2v) is 7.22. The zero-order valence-corrected chi connectivity index (χ0v) is 14.4. The van der Waals surface area contributed by atoms with E-state index in [0.29, 0.717) is 6.67 Å². The van der Waals surface area contributed by atoms with Crippen LogP contribution in [0, 0.1) is 0 Å². The highest BCUT2D eigenvalue weighted by atomic mass is 32.1. The van der Waals surface area contributed by atoms with E-state index in [1.54, 1.807) is 37.6 Å². The van der Waals surface area contributed by atoms with Crippen molar-refractivity contribution >= 4 is 32.9 Å². The zero-order chi connectivity index (χ0) is 16.7. The molecule has 0 saturated heterocycles. The van der Waals surface area contributed by atoms with Crippen LogP contribution >= 0.6 is 11.3 Å². The molecule has 0 fully saturated rings. The summed E-state index contributed by atoms with van der Waals surface area (Å²) in [5.74, 6) is 0. The third kappa shape index (κ3) is 2.64. The number of pyridine rings is 1. The number of aromatic nitrogens is 2. The maximum absolute atomic E-state index is 10.4. The molecule has 2 aromatic heterocycles. The Kier molecular flexibility index (Phi) is 3.51. The molecule has 0 spiro atoms.